The summed E-state index contributed by atoms with van der Waals surface area (Å²) in [6.45, 7) is 3.03. The topological polar surface area (TPSA) is 80.5 Å². The number of aromatic amines is 1. The Morgan fingerprint density at radius 3 is 2.33 bits per heavy atom. The Bertz CT molecular complexity index is 111. The maximum absolute atomic E-state index is 5.21. The molecule has 1 aromatic rings. The summed E-state index contributed by atoms with van der Waals surface area (Å²) >= 11 is 0. The van der Waals surface area contributed by atoms with Crippen LogP contribution in [-0.4, -0.2) is 27.2 Å². The lowest BCUT2D eigenvalue weighted by Crippen LogP contribution is -1.96. The van der Waals surface area contributed by atoms with E-state index in [1.807, 2.05) is 0 Å². The van der Waals surface area contributed by atoms with Crippen LogP contribution in [-0.2, 0) is 0 Å². The first-order valence-electron chi connectivity index (χ1n) is 3.79. The van der Waals surface area contributed by atoms with Gasteiger partial charge in [-0.05, 0) is 23.4 Å². The van der Waals surface area contributed by atoms with Crippen LogP contribution in [0.3, 0.4) is 0 Å². The van der Waals surface area contributed by atoms with Gasteiger partial charge in [0.05, 0.1) is 0 Å². The molecule has 0 saturated heterocycles. The van der Waals surface area contributed by atoms with E-state index in [4.69, 9.17) is 5.73 Å². The van der Waals surface area contributed by atoms with Crippen molar-refractivity contribution >= 4 is 9.90 Å². The number of nitrogens with two attached hydrogens (primary N) is 1. The molecule has 0 radical (unpaired) electrons. The number of H-pyrrole nitrogens is 1. The molecule has 12 heavy (non-hydrogen) atoms. The number of hydrogen-bond acceptors (Lipinski definition) is 4. The summed E-state index contributed by atoms with van der Waals surface area (Å²) in [5.74, 6) is 0. The molecule has 0 aliphatic heterocycles. The highest BCUT2D eigenvalue weighted by Crippen LogP contribution is 1.88. The molecule has 0 amide bonds. The fourth-order valence-corrected chi connectivity index (χ4v) is 0.523. The van der Waals surface area contributed by atoms with E-state index in [2.05, 4.69) is 27.5 Å². The number of tetrazole rings is 1. The molecule has 1 atom stereocenters. The van der Waals surface area contributed by atoms with E-state index in [-0.39, 0.29) is 9.90 Å². The molecule has 0 aliphatic carbocycles. The van der Waals surface area contributed by atoms with E-state index in [1.165, 1.54) is 25.6 Å². The fraction of sp³-hybridized carbons (Fsp3) is 0.833. The van der Waals surface area contributed by atoms with Crippen molar-refractivity contribution in [3.63, 3.8) is 0 Å². The van der Waals surface area contributed by atoms with Crippen molar-refractivity contribution < 1.29 is 0 Å². The van der Waals surface area contributed by atoms with E-state index in [9.17, 15) is 0 Å². The Morgan fingerprint density at radius 2 is 2.17 bits per heavy atom. The largest absolute Gasteiger partial charge is 0.330 e. The number of nitrogens with zero attached hydrogens (tertiary/aromatic N) is 3. The summed E-state index contributed by atoms with van der Waals surface area (Å²) in [5.41, 5.74) is 5.21. The molecule has 0 fully saturated rings. The van der Waals surface area contributed by atoms with E-state index < -0.39 is 0 Å². The summed E-state index contributed by atoms with van der Waals surface area (Å²) in [6.07, 6.45) is 5.16. The highest BCUT2D eigenvalue weighted by atomic mass is 31.0. The second kappa shape index (κ2) is 13.1. The van der Waals surface area contributed by atoms with Crippen molar-refractivity contribution in [3.8, 4) is 0 Å². The Balaban J connectivity index is 0. The van der Waals surface area contributed by atoms with Gasteiger partial charge in [-0.25, -0.2) is 5.10 Å². The maximum Gasteiger partial charge on any atom is 0.135 e. The van der Waals surface area contributed by atoms with Crippen LogP contribution in [0, 0.1) is 0 Å². The lowest BCUT2D eigenvalue weighted by molar-refractivity contribution is 0.727. The number of unbranched alkanes of at least 4 members (excludes halogenated alkanes) is 2. The average Bonchev–Trinajstić information content (AvgIpc) is 2.57. The van der Waals surface area contributed by atoms with Gasteiger partial charge in [-0.3, -0.25) is 0 Å². The van der Waals surface area contributed by atoms with Crippen LogP contribution in [0.15, 0.2) is 6.33 Å². The smallest absolute Gasteiger partial charge is 0.135 e. The summed E-state index contributed by atoms with van der Waals surface area (Å²) in [5, 5.41) is 12.1. The molecule has 1 unspecified atom stereocenters. The van der Waals surface area contributed by atoms with E-state index in [1.54, 1.807) is 0 Å². The minimum atomic E-state index is 0. The molecule has 0 aromatic carbocycles. The van der Waals surface area contributed by atoms with Gasteiger partial charge in [0.25, 0.3) is 0 Å². The molecule has 0 spiro atoms. The first-order valence-corrected chi connectivity index (χ1v) is 3.79. The lowest BCUT2D eigenvalue weighted by atomic mass is 10.3. The van der Waals surface area contributed by atoms with Gasteiger partial charge in [0, 0.05) is 0 Å². The highest BCUT2D eigenvalue weighted by Gasteiger charge is 1.75. The van der Waals surface area contributed by atoms with Crippen molar-refractivity contribution in [2.24, 2.45) is 5.73 Å². The monoisotopic (exact) mass is 191 g/mol. The predicted octanol–water partition coefficient (Wildman–Crippen LogP) is 0.393. The van der Waals surface area contributed by atoms with Crippen molar-refractivity contribution in [2.75, 3.05) is 6.54 Å². The zero-order valence-corrected chi connectivity index (χ0v) is 8.95. The lowest BCUT2D eigenvalue weighted by Gasteiger charge is -1.86. The van der Waals surface area contributed by atoms with E-state index >= 15 is 0 Å². The Morgan fingerprint density at radius 1 is 1.42 bits per heavy atom. The van der Waals surface area contributed by atoms with E-state index in [0.717, 1.165) is 6.54 Å². The van der Waals surface area contributed by atoms with Crippen molar-refractivity contribution in [2.45, 2.75) is 26.2 Å². The standard InChI is InChI=1S/C5H13N.CH2N4.H3P/c1-2-3-4-5-6;1-2-4-5-3-1;/h2-6H2,1H3;1H,(H,2,3,4,5);1H3. The molecular formula is C6H18N5P. The molecule has 0 bridgehead atoms. The Hall–Kier alpha value is -0.540. The summed E-state index contributed by atoms with van der Waals surface area (Å²) in [6, 6.07) is 0. The molecule has 1 rings (SSSR count). The minimum Gasteiger partial charge on any atom is -0.330 e. The zero-order valence-electron chi connectivity index (χ0n) is 7.53. The van der Waals surface area contributed by atoms with Gasteiger partial charge in [0.1, 0.15) is 6.33 Å². The predicted molar refractivity (Wildman–Crippen MR) is 53.9 cm³/mol. The Kier molecular flexibility index (Phi) is 15.3. The molecule has 1 aromatic heterocycles. The third kappa shape index (κ3) is 12.2. The van der Waals surface area contributed by atoms with Crippen LogP contribution < -0.4 is 5.73 Å². The molecule has 3 N–H and O–H groups in total. The van der Waals surface area contributed by atoms with Crippen LogP contribution in [0.2, 0.25) is 0 Å². The number of hydrogen-bond donors (Lipinski definition) is 2. The third-order valence-corrected chi connectivity index (χ3v) is 1.08. The van der Waals surface area contributed by atoms with Gasteiger partial charge < -0.3 is 5.73 Å². The molecule has 0 aliphatic rings. The average molecular weight is 191 g/mol. The van der Waals surface area contributed by atoms with Crippen LogP contribution in [0.4, 0.5) is 0 Å². The van der Waals surface area contributed by atoms with Crippen LogP contribution in [0.25, 0.3) is 0 Å². The van der Waals surface area contributed by atoms with Crippen LogP contribution >= 0.6 is 9.90 Å². The summed E-state index contributed by atoms with van der Waals surface area (Å²) in [7, 11) is 0. The maximum atomic E-state index is 5.21. The fourth-order valence-electron chi connectivity index (χ4n) is 0.523. The van der Waals surface area contributed by atoms with Gasteiger partial charge in [-0.2, -0.15) is 9.90 Å². The highest BCUT2D eigenvalue weighted by molar-refractivity contribution is 6.92. The second-order valence-corrected chi connectivity index (χ2v) is 2.06. The van der Waals surface area contributed by atoms with Crippen molar-refractivity contribution in [3.05, 3.63) is 6.33 Å². The second-order valence-electron chi connectivity index (χ2n) is 2.06. The first kappa shape index (κ1) is 14.0. The summed E-state index contributed by atoms with van der Waals surface area (Å²) < 4.78 is 0. The molecule has 5 nitrogen and oxygen atoms in total. The molecular weight excluding hydrogens is 173 g/mol. The number of nitrogens with one attached hydrogen (secondary N) is 1. The zero-order chi connectivity index (χ0) is 8.36. The quantitative estimate of drug-likeness (QED) is 0.535. The number of rotatable bonds is 3. The molecule has 0 saturated carbocycles. The third-order valence-electron chi connectivity index (χ3n) is 1.08. The van der Waals surface area contributed by atoms with Crippen LogP contribution in [0.5, 0.6) is 0 Å². The van der Waals surface area contributed by atoms with Crippen LogP contribution in [0.1, 0.15) is 26.2 Å². The van der Waals surface area contributed by atoms with Crippen molar-refractivity contribution in [1.82, 2.24) is 20.6 Å². The minimum absolute atomic E-state index is 0. The normalized spacial score (nSPS) is 7.83. The van der Waals surface area contributed by atoms with Gasteiger partial charge in [-0.1, -0.05) is 19.8 Å². The van der Waals surface area contributed by atoms with Gasteiger partial charge >= 0.3 is 0 Å². The number of aromatic nitrogens is 4. The molecule has 72 valence electrons. The SMILES string of the molecule is CCCCCN.P.c1nnn[nH]1. The molecule has 1 heterocycles. The Labute approximate surface area is 76.1 Å². The molecule has 6 heteroatoms. The van der Waals surface area contributed by atoms with Gasteiger partial charge in [0.2, 0.25) is 0 Å². The van der Waals surface area contributed by atoms with Gasteiger partial charge in [0.15, 0.2) is 0 Å². The van der Waals surface area contributed by atoms with Gasteiger partial charge in [-0.15, -0.1) is 5.10 Å². The summed E-state index contributed by atoms with van der Waals surface area (Å²) in [4.78, 5) is 0. The van der Waals surface area contributed by atoms with E-state index in [0.29, 0.717) is 0 Å². The first-order chi connectivity index (χ1) is 5.41. The van der Waals surface area contributed by atoms with Crippen molar-refractivity contribution in [1.29, 1.82) is 0 Å².